The lowest BCUT2D eigenvalue weighted by Gasteiger charge is -2.19. The number of para-hydroxylation sites is 1. The maximum atomic E-state index is 13.1. The lowest BCUT2D eigenvalue weighted by Crippen LogP contribution is -2.37. The largest absolute Gasteiger partial charge is 0.465 e. The highest BCUT2D eigenvalue weighted by atomic mass is 16.3. The van der Waals surface area contributed by atoms with E-state index in [0.29, 0.717) is 12.3 Å². The molecule has 0 saturated heterocycles. The van der Waals surface area contributed by atoms with Crippen LogP contribution >= 0.6 is 0 Å². The number of nitrogens with one attached hydrogen (secondary N) is 1. The SMILES string of the molecule is O=C(N/C(=C\c1ccco1)C(=O)N1CCc2ccccc21)c1ccco1. The third-order valence-corrected chi connectivity index (χ3v) is 4.19. The highest BCUT2D eigenvalue weighted by Gasteiger charge is 2.28. The zero-order valence-electron chi connectivity index (χ0n) is 13.8. The van der Waals surface area contributed by atoms with Gasteiger partial charge in [0.1, 0.15) is 11.5 Å². The van der Waals surface area contributed by atoms with Crippen LogP contribution in [0.1, 0.15) is 21.9 Å². The van der Waals surface area contributed by atoms with Gasteiger partial charge in [0.15, 0.2) is 5.76 Å². The Labute approximate surface area is 149 Å². The predicted molar refractivity (Wildman–Crippen MR) is 95.4 cm³/mol. The zero-order valence-corrected chi connectivity index (χ0v) is 13.8. The molecule has 26 heavy (non-hydrogen) atoms. The fourth-order valence-corrected chi connectivity index (χ4v) is 2.95. The lowest BCUT2D eigenvalue weighted by atomic mass is 10.2. The predicted octanol–water partition coefficient (Wildman–Crippen LogP) is 3.23. The van der Waals surface area contributed by atoms with Gasteiger partial charge in [-0.05, 0) is 42.3 Å². The summed E-state index contributed by atoms with van der Waals surface area (Å²) in [6.45, 7) is 0.560. The first-order chi connectivity index (χ1) is 12.7. The van der Waals surface area contributed by atoms with Crippen LogP contribution in [0.25, 0.3) is 6.08 Å². The van der Waals surface area contributed by atoms with Crippen molar-refractivity contribution in [3.8, 4) is 0 Å². The van der Waals surface area contributed by atoms with Gasteiger partial charge in [0, 0.05) is 18.3 Å². The molecule has 0 spiro atoms. The van der Waals surface area contributed by atoms with Crippen LogP contribution in [0.3, 0.4) is 0 Å². The van der Waals surface area contributed by atoms with Crippen molar-refractivity contribution in [1.29, 1.82) is 0 Å². The number of benzene rings is 1. The lowest BCUT2D eigenvalue weighted by molar-refractivity contribution is -0.115. The summed E-state index contributed by atoms with van der Waals surface area (Å²) in [5.41, 5.74) is 2.09. The second-order valence-corrected chi connectivity index (χ2v) is 5.84. The van der Waals surface area contributed by atoms with Crippen LogP contribution in [0, 0.1) is 0 Å². The third-order valence-electron chi connectivity index (χ3n) is 4.19. The number of hydrogen-bond acceptors (Lipinski definition) is 4. The van der Waals surface area contributed by atoms with E-state index >= 15 is 0 Å². The van der Waals surface area contributed by atoms with E-state index in [4.69, 9.17) is 8.83 Å². The van der Waals surface area contributed by atoms with Crippen LogP contribution in [0.4, 0.5) is 5.69 Å². The zero-order chi connectivity index (χ0) is 17.9. The molecule has 0 fully saturated rings. The number of rotatable bonds is 4. The van der Waals surface area contributed by atoms with Gasteiger partial charge < -0.3 is 19.1 Å². The molecule has 0 aliphatic carbocycles. The third kappa shape index (κ3) is 3.04. The average molecular weight is 348 g/mol. The van der Waals surface area contributed by atoms with Crippen molar-refractivity contribution in [1.82, 2.24) is 5.32 Å². The van der Waals surface area contributed by atoms with E-state index in [1.165, 1.54) is 24.7 Å². The van der Waals surface area contributed by atoms with Gasteiger partial charge in [0.05, 0.1) is 12.5 Å². The molecule has 3 heterocycles. The first-order valence-electron chi connectivity index (χ1n) is 8.22. The minimum absolute atomic E-state index is 0.123. The monoisotopic (exact) mass is 348 g/mol. The maximum absolute atomic E-state index is 13.1. The van der Waals surface area contributed by atoms with E-state index in [1.54, 1.807) is 23.1 Å². The number of carbonyl (C=O) groups is 2. The summed E-state index contributed by atoms with van der Waals surface area (Å²) in [4.78, 5) is 27.1. The van der Waals surface area contributed by atoms with E-state index < -0.39 is 5.91 Å². The summed E-state index contributed by atoms with van der Waals surface area (Å²) in [6.07, 6.45) is 5.21. The normalized spacial score (nSPS) is 13.5. The molecule has 1 aliphatic rings. The van der Waals surface area contributed by atoms with Gasteiger partial charge in [-0.1, -0.05) is 18.2 Å². The second kappa shape index (κ2) is 6.76. The minimum atomic E-state index is -0.492. The Hall–Kier alpha value is -3.54. The van der Waals surface area contributed by atoms with Crippen molar-refractivity contribution in [2.75, 3.05) is 11.4 Å². The molecule has 1 aromatic carbocycles. The fraction of sp³-hybridized carbons (Fsp3) is 0.100. The molecule has 1 aliphatic heterocycles. The van der Waals surface area contributed by atoms with Gasteiger partial charge in [0.2, 0.25) is 0 Å². The molecule has 1 N–H and O–H groups in total. The van der Waals surface area contributed by atoms with E-state index in [9.17, 15) is 9.59 Å². The molecule has 0 unspecified atom stereocenters. The molecule has 6 nitrogen and oxygen atoms in total. The van der Waals surface area contributed by atoms with Crippen LogP contribution in [0.5, 0.6) is 0 Å². The molecule has 130 valence electrons. The quantitative estimate of drug-likeness (QED) is 0.735. The summed E-state index contributed by atoms with van der Waals surface area (Å²) < 4.78 is 10.4. The van der Waals surface area contributed by atoms with Crippen LogP contribution in [0.15, 0.2) is 75.6 Å². The Morgan fingerprint density at radius 2 is 1.81 bits per heavy atom. The van der Waals surface area contributed by atoms with E-state index in [2.05, 4.69) is 5.32 Å². The van der Waals surface area contributed by atoms with Gasteiger partial charge in [-0.25, -0.2) is 0 Å². The molecule has 2 aromatic heterocycles. The van der Waals surface area contributed by atoms with Crippen LogP contribution in [0.2, 0.25) is 0 Å². The summed E-state index contributed by atoms with van der Waals surface area (Å²) in [5.74, 6) is -0.189. The van der Waals surface area contributed by atoms with Gasteiger partial charge in [-0.15, -0.1) is 0 Å². The van der Waals surface area contributed by atoms with Crippen molar-refractivity contribution in [3.63, 3.8) is 0 Å². The highest BCUT2D eigenvalue weighted by Crippen LogP contribution is 2.28. The summed E-state index contributed by atoms with van der Waals surface area (Å²) in [6, 6.07) is 14.3. The number of carbonyl (C=O) groups excluding carboxylic acids is 2. The molecule has 2 amide bonds. The highest BCUT2D eigenvalue weighted by molar-refractivity contribution is 6.12. The van der Waals surface area contributed by atoms with Crippen molar-refractivity contribution in [2.45, 2.75) is 6.42 Å². The molecule has 6 heteroatoms. The Morgan fingerprint density at radius 1 is 1.00 bits per heavy atom. The van der Waals surface area contributed by atoms with E-state index in [0.717, 1.165) is 17.7 Å². The van der Waals surface area contributed by atoms with Gasteiger partial charge in [-0.2, -0.15) is 0 Å². The minimum Gasteiger partial charge on any atom is -0.465 e. The molecule has 3 aromatic rings. The average Bonchev–Trinajstić information content (AvgIpc) is 3.40. The molecule has 0 atom stereocenters. The molecule has 4 rings (SSSR count). The van der Waals surface area contributed by atoms with Gasteiger partial charge in [-0.3, -0.25) is 9.59 Å². The Morgan fingerprint density at radius 3 is 2.58 bits per heavy atom. The van der Waals surface area contributed by atoms with Crippen molar-refractivity contribution < 1.29 is 18.4 Å². The summed E-state index contributed by atoms with van der Waals surface area (Å²) in [7, 11) is 0. The summed E-state index contributed by atoms with van der Waals surface area (Å²) >= 11 is 0. The molecule has 0 bridgehead atoms. The second-order valence-electron chi connectivity index (χ2n) is 5.84. The van der Waals surface area contributed by atoms with Crippen LogP contribution in [-0.4, -0.2) is 18.4 Å². The number of furan rings is 2. The molecular formula is C20H16N2O4. The number of fused-ring (bicyclic) bond motifs is 1. The topological polar surface area (TPSA) is 75.7 Å². The smallest absolute Gasteiger partial charge is 0.291 e. The van der Waals surface area contributed by atoms with Gasteiger partial charge >= 0.3 is 0 Å². The Balaban J connectivity index is 1.65. The number of hydrogen-bond donors (Lipinski definition) is 1. The fourth-order valence-electron chi connectivity index (χ4n) is 2.95. The Kier molecular flexibility index (Phi) is 4.15. The van der Waals surface area contributed by atoms with Crippen LogP contribution in [-0.2, 0) is 11.2 Å². The van der Waals surface area contributed by atoms with Crippen molar-refractivity contribution in [3.05, 3.63) is 83.8 Å². The van der Waals surface area contributed by atoms with E-state index in [1.807, 2.05) is 24.3 Å². The molecule has 0 saturated carbocycles. The maximum Gasteiger partial charge on any atom is 0.291 e. The number of nitrogens with zero attached hydrogens (tertiary/aromatic N) is 1. The van der Waals surface area contributed by atoms with Crippen LogP contribution < -0.4 is 10.2 Å². The van der Waals surface area contributed by atoms with Crippen molar-refractivity contribution >= 4 is 23.6 Å². The van der Waals surface area contributed by atoms with E-state index in [-0.39, 0.29) is 17.4 Å². The first kappa shape index (κ1) is 16.0. The van der Waals surface area contributed by atoms with Crippen molar-refractivity contribution in [2.24, 2.45) is 0 Å². The standard InChI is InChI=1S/C20H16N2O4/c23-19(18-8-4-12-26-18)21-16(13-15-6-3-11-25-15)20(24)22-10-9-14-5-1-2-7-17(14)22/h1-8,11-13H,9-10H2,(H,21,23)/b16-13-. The number of amides is 2. The summed E-state index contributed by atoms with van der Waals surface area (Å²) in [5, 5.41) is 2.64. The number of anilines is 1. The molecular weight excluding hydrogens is 332 g/mol. The molecule has 0 radical (unpaired) electrons. The van der Waals surface area contributed by atoms with Gasteiger partial charge in [0.25, 0.3) is 11.8 Å². The Bertz CT molecular complexity index is 956. The first-order valence-corrected chi connectivity index (χ1v) is 8.22.